The van der Waals surface area contributed by atoms with E-state index in [2.05, 4.69) is 10.6 Å². The minimum Gasteiger partial charge on any atom is -0.479 e. The molecule has 1 aromatic carbocycles. The van der Waals surface area contributed by atoms with E-state index in [9.17, 15) is 32.7 Å². The van der Waals surface area contributed by atoms with Gasteiger partial charge in [-0.15, -0.1) is 0 Å². The van der Waals surface area contributed by atoms with Crippen LogP contribution >= 0.6 is 0 Å². The standard InChI is InChI=1S/C15H15F3N2O5/c16-15(17,18)10-3-1-9(2-4-10)12(22)19-7-11(21)20-14(13(23)24)5-6-25-8-14/h1-4H,5-8H2,(H,19,22)(H,20,21)(H,23,24). The average molecular weight is 360 g/mol. The molecule has 25 heavy (non-hydrogen) atoms. The van der Waals surface area contributed by atoms with Gasteiger partial charge in [0.15, 0.2) is 5.54 Å². The predicted molar refractivity (Wildman–Crippen MR) is 77.7 cm³/mol. The van der Waals surface area contributed by atoms with E-state index in [4.69, 9.17) is 4.74 Å². The third-order valence-electron chi connectivity index (χ3n) is 3.69. The molecule has 7 nitrogen and oxygen atoms in total. The maximum atomic E-state index is 12.5. The number of carboxylic acids is 1. The quantitative estimate of drug-likeness (QED) is 0.720. The first-order valence-corrected chi connectivity index (χ1v) is 7.22. The van der Waals surface area contributed by atoms with Gasteiger partial charge in [-0.05, 0) is 24.3 Å². The molecule has 1 fully saturated rings. The molecule has 0 aliphatic carbocycles. The number of halogens is 3. The number of alkyl halides is 3. The van der Waals surface area contributed by atoms with Crippen LogP contribution in [0.2, 0.25) is 0 Å². The number of carbonyl (C=O) groups is 3. The molecule has 0 spiro atoms. The lowest BCUT2D eigenvalue weighted by molar-refractivity contribution is -0.147. The molecule has 0 bridgehead atoms. The van der Waals surface area contributed by atoms with Crippen LogP contribution in [0.5, 0.6) is 0 Å². The number of carbonyl (C=O) groups excluding carboxylic acids is 2. The minimum atomic E-state index is -4.51. The summed E-state index contributed by atoms with van der Waals surface area (Å²) >= 11 is 0. The van der Waals surface area contributed by atoms with E-state index in [0.29, 0.717) is 0 Å². The Bertz CT molecular complexity index is 667. The topological polar surface area (TPSA) is 105 Å². The summed E-state index contributed by atoms with van der Waals surface area (Å²) in [7, 11) is 0. The van der Waals surface area contributed by atoms with Crippen LogP contribution in [-0.4, -0.2) is 48.2 Å². The van der Waals surface area contributed by atoms with Crippen molar-refractivity contribution in [3.8, 4) is 0 Å². The predicted octanol–water partition coefficient (Wildman–Crippen LogP) is 0.795. The van der Waals surface area contributed by atoms with Crippen molar-refractivity contribution in [1.29, 1.82) is 0 Å². The number of ether oxygens (including phenoxy) is 1. The van der Waals surface area contributed by atoms with Gasteiger partial charge in [-0.1, -0.05) is 0 Å². The fourth-order valence-electron chi connectivity index (χ4n) is 2.27. The molecule has 0 saturated carbocycles. The number of amides is 2. The van der Waals surface area contributed by atoms with Gasteiger partial charge >= 0.3 is 12.1 Å². The first-order chi connectivity index (χ1) is 11.6. The maximum absolute atomic E-state index is 12.5. The second-order valence-electron chi connectivity index (χ2n) is 5.50. The third kappa shape index (κ3) is 4.47. The lowest BCUT2D eigenvalue weighted by Crippen LogP contribution is -2.57. The van der Waals surface area contributed by atoms with Gasteiger partial charge in [-0.25, -0.2) is 4.79 Å². The zero-order valence-corrected chi connectivity index (χ0v) is 12.9. The summed E-state index contributed by atoms with van der Waals surface area (Å²) in [5.41, 5.74) is -2.49. The molecule has 1 heterocycles. The van der Waals surface area contributed by atoms with Gasteiger partial charge in [-0.3, -0.25) is 9.59 Å². The van der Waals surface area contributed by atoms with Crippen molar-refractivity contribution in [2.45, 2.75) is 18.1 Å². The molecule has 1 aliphatic heterocycles. The molecule has 1 aromatic rings. The molecule has 136 valence electrons. The number of rotatable bonds is 5. The van der Waals surface area contributed by atoms with Crippen LogP contribution in [-0.2, 0) is 20.5 Å². The fraction of sp³-hybridized carbons (Fsp3) is 0.400. The zero-order valence-electron chi connectivity index (χ0n) is 12.9. The number of hydrogen-bond donors (Lipinski definition) is 3. The van der Waals surface area contributed by atoms with Gasteiger partial charge in [-0.2, -0.15) is 13.2 Å². The maximum Gasteiger partial charge on any atom is 0.416 e. The average Bonchev–Trinajstić information content (AvgIpc) is 3.02. The summed E-state index contributed by atoms with van der Waals surface area (Å²) in [6.45, 7) is -0.514. The molecule has 1 unspecified atom stereocenters. The van der Waals surface area contributed by atoms with E-state index >= 15 is 0 Å². The number of benzene rings is 1. The Kier molecular flexibility index (Phi) is 5.31. The number of nitrogens with one attached hydrogen (secondary N) is 2. The highest BCUT2D eigenvalue weighted by Gasteiger charge is 2.43. The zero-order chi connectivity index (χ0) is 18.7. The van der Waals surface area contributed by atoms with E-state index < -0.39 is 41.6 Å². The summed E-state index contributed by atoms with van der Waals surface area (Å²) in [6, 6.07) is 3.48. The van der Waals surface area contributed by atoms with Crippen LogP contribution in [0, 0.1) is 0 Å². The molecule has 1 aliphatic rings. The minimum absolute atomic E-state index is 0.0575. The van der Waals surface area contributed by atoms with Crippen molar-refractivity contribution < 1.29 is 37.4 Å². The Morgan fingerprint density at radius 2 is 1.84 bits per heavy atom. The first-order valence-electron chi connectivity index (χ1n) is 7.22. The smallest absolute Gasteiger partial charge is 0.416 e. The molecular weight excluding hydrogens is 345 g/mol. The van der Waals surface area contributed by atoms with E-state index in [1.54, 1.807) is 0 Å². The molecule has 2 amide bonds. The van der Waals surface area contributed by atoms with Crippen LogP contribution in [0.4, 0.5) is 13.2 Å². The van der Waals surface area contributed by atoms with Gasteiger partial charge in [0, 0.05) is 18.6 Å². The Morgan fingerprint density at radius 1 is 1.20 bits per heavy atom. The van der Waals surface area contributed by atoms with Crippen LogP contribution in [0.25, 0.3) is 0 Å². The monoisotopic (exact) mass is 360 g/mol. The third-order valence-corrected chi connectivity index (χ3v) is 3.69. The van der Waals surface area contributed by atoms with E-state index in [1.807, 2.05) is 0 Å². The molecule has 2 rings (SSSR count). The molecule has 3 N–H and O–H groups in total. The van der Waals surface area contributed by atoms with Crippen molar-refractivity contribution in [2.75, 3.05) is 19.8 Å². The van der Waals surface area contributed by atoms with Crippen LogP contribution in [0.3, 0.4) is 0 Å². The fourth-order valence-corrected chi connectivity index (χ4v) is 2.27. The SMILES string of the molecule is O=C(CNC(=O)c1ccc(C(F)(F)F)cc1)NC1(C(=O)O)CCOC1. The number of carboxylic acid groups (broad SMARTS) is 1. The van der Waals surface area contributed by atoms with Crippen LogP contribution in [0.1, 0.15) is 22.3 Å². The van der Waals surface area contributed by atoms with Crippen molar-refractivity contribution >= 4 is 17.8 Å². The summed E-state index contributed by atoms with van der Waals surface area (Å²) in [4.78, 5) is 34.9. The number of aliphatic carboxylic acids is 1. The van der Waals surface area contributed by atoms with Gasteiger partial charge in [0.2, 0.25) is 5.91 Å². The summed E-state index contributed by atoms with van der Waals surface area (Å²) in [5.74, 6) is -2.74. The summed E-state index contributed by atoms with van der Waals surface area (Å²) in [6.07, 6.45) is -4.41. The second-order valence-corrected chi connectivity index (χ2v) is 5.50. The molecule has 0 aromatic heterocycles. The van der Waals surface area contributed by atoms with Crippen molar-refractivity contribution in [1.82, 2.24) is 10.6 Å². The molecule has 1 atom stereocenters. The van der Waals surface area contributed by atoms with Crippen molar-refractivity contribution in [2.24, 2.45) is 0 Å². The Morgan fingerprint density at radius 3 is 2.32 bits per heavy atom. The van der Waals surface area contributed by atoms with Crippen molar-refractivity contribution in [3.63, 3.8) is 0 Å². The molecule has 0 radical (unpaired) electrons. The largest absolute Gasteiger partial charge is 0.479 e. The van der Waals surface area contributed by atoms with Crippen molar-refractivity contribution in [3.05, 3.63) is 35.4 Å². The molecule has 10 heteroatoms. The summed E-state index contributed by atoms with van der Waals surface area (Å²) in [5, 5.41) is 13.7. The normalized spacial score (nSPS) is 20.1. The number of hydrogen-bond acceptors (Lipinski definition) is 4. The molecule has 1 saturated heterocycles. The lowest BCUT2D eigenvalue weighted by Gasteiger charge is -2.23. The Hall–Kier alpha value is -2.62. The van der Waals surface area contributed by atoms with Crippen LogP contribution in [0.15, 0.2) is 24.3 Å². The highest BCUT2D eigenvalue weighted by Crippen LogP contribution is 2.29. The van der Waals surface area contributed by atoms with E-state index in [-0.39, 0.29) is 25.2 Å². The van der Waals surface area contributed by atoms with Gasteiger partial charge in [0.05, 0.1) is 18.7 Å². The van der Waals surface area contributed by atoms with E-state index in [0.717, 1.165) is 24.3 Å². The molecular formula is C15H15F3N2O5. The highest BCUT2D eigenvalue weighted by molar-refractivity contribution is 5.97. The van der Waals surface area contributed by atoms with Gasteiger partial charge in [0.1, 0.15) is 0 Å². The van der Waals surface area contributed by atoms with Gasteiger partial charge < -0.3 is 20.5 Å². The van der Waals surface area contributed by atoms with Crippen LogP contribution < -0.4 is 10.6 Å². The Balaban J connectivity index is 1.91. The second kappa shape index (κ2) is 7.09. The van der Waals surface area contributed by atoms with Gasteiger partial charge in [0.25, 0.3) is 5.91 Å². The Labute approximate surface area is 140 Å². The lowest BCUT2D eigenvalue weighted by atomic mass is 9.99. The summed E-state index contributed by atoms with van der Waals surface area (Å²) < 4.78 is 42.4. The first kappa shape index (κ1) is 18.7. The highest BCUT2D eigenvalue weighted by atomic mass is 19.4. The van der Waals surface area contributed by atoms with E-state index in [1.165, 1.54) is 0 Å².